The standard InChI is InChI=1S/C12H13F3N2/c13-12(14,15)10-2-1-8(6-17-10)9-5-11(9)3-4-16-7-11/h1-2,6,9,16H,3-5,7H2/t9?,11-/m0/s1. The van der Waals surface area contributed by atoms with E-state index in [4.69, 9.17) is 0 Å². The highest BCUT2D eigenvalue weighted by atomic mass is 19.4. The van der Waals surface area contributed by atoms with Gasteiger partial charge in [-0.2, -0.15) is 13.2 Å². The second kappa shape index (κ2) is 3.45. The zero-order chi connectivity index (χ0) is 12.1. The molecule has 0 amide bonds. The Morgan fingerprint density at radius 2 is 2.18 bits per heavy atom. The quantitative estimate of drug-likeness (QED) is 0.818. The van der Waals surface area contributed by atoms with E-state index in [9.17, 15) is 13.2 Å². The molecule has 1 unspecified atom stereocenters. The van der Waals surface area contributed by atoms with Crippen LogP contribution >= 0.6 is 0 Å². The third-order valence-electron chi connectivity index (χ3n) is 3.95. The van der Waals surface area contributed by atoms with Crippen molar-refractivity contribution in [2.75, 3.05) is 13.1 Å². The Morgan fingerprint density at radius 3 is 2.71 bits per heavy atom. The summed E-state index contributed by atoms with van der Waals surface area (Å²) in [5.74, 6) is 0.396. The van der Waals surface area contributed by atoms with Crippen molar-refractivity contribution in [3.8, 4) is 0 Å². The molecule has 17 heavy (non-hydrogen) atoms. The Hall–Kier alpha value is -1.10. The highest BCUT2D eigenvalue weighted by molar-refractivity contribution is 5.30. The number of hydrogen-bond acceptors (Lipinski definition) is 2. The fraction of sp³-hybridized carbons (Fsp3) is 0.583. The van der Waals surface area contributed by atoms with Gasteiger partial charge in [-0.1, -0.05) is 6.07 Å². The van der Waals surface area contributed by atoms with Gasteiger partial charge in [-0.25, -0.2) is 0 Å². The normalized spacial score (nSPS) is 32.1. The average molecular weight is 242 g/mol. The summed E-state index contributed by atoms with van der Waals surface area (Å²) in [7, 11) is 0. The Morgan fingerprint density at radius 1 is 1.35 bits per heavy atom. The first-order valence-electron chi connectivity index (χ1n) is 5.75. The van der Waals surface area contributed by atoms with Crippen LogP contribution in [-0.4, -0.2) is 18.1 Å². The lowest BCUT2D eigenvalue weighted by atomic mass is 9.99. The van der Waals surface area contributed by atoms with Gasteiger partial charge in [0.1, 0.15) is 5.69 Å². The lowest BCUT2D eigenvalue weighted by Crippen LogP contribution is -2.11. The van der Waals surface area contributed by atoms with Gasteiger partial charge >= 0.3 is 6.18 Å². The van der Waals surface area contributed by atoms with Gasteiger partial charge in [0.15, 0.2) is 0 Å². The van der Waals surface area contributed by atoms with Crippen LogP contribution in [-0.2, 0) is 6.18 Å². The maximum absolute atomic E-state index is 12.4. The van der Waals surface area contributed by atoms with Crippen molar-refractivity contribution in [1.29, 1.82) is 0 Å². The van der Waals surface area contributed by atoms with Crippen molar-refractivity contribution in [2.45, 2.75) is 24.9 Å². The number of nitrogens with zero attached hydrogens (tertiary/aromatic N) is 1. The van der Waals surface area contributed by atoms with Gasteiger partial charge in [0.2, 0.25) is 0 Å². The second-order valence-corrected chi connectivity index (χ2v) is 5.02. The number of nitrogens with one attached hydrogen (secondary N) is 1. The Kier molecular flexibility index (Phi) is 2.23. The zero-order valence-corrected chi connectivity index (χ0v) is 9.22. The third kappa shape index (κ3) is 1.82. The van der Waals surface area contributed by atoms with E-state index < -0.39 is 11.9 Å². The lowest BCUT2D eigenvalue weighted by molar-refractivity contribution is -0.141. The molecule has 0 bridgehead atoms. The van der Waals surface area contributed by atoms with Crippen molar-refractivity contribution in [2.24, 2.45) is 5.41 Å². The summed E-state index contributed by atoms with van der Waals surface area (Å²) >= 11 is 0. The number of alkyl halides is 3. The molecule has 1 saturated carbocycles. The average Bonchev–Trinajstić information content (AvgIpc) is 2.76. The number of aromatic nitrogens is 1. The van der Waals surface area contributed by atoms with Crippen LogP contribution < -0.4 is 5.32 Å². The van der Waals surface area contributed by atoms with E-state index in [0.717, 1.165) is 37.6 Å². The van der Waals surface area contributed by atoms with Crippen LogP contribution in [0.5, 0.6) is 0 Å². The smallest absolute Gasteiger partial charge is 0.316 e. The first-order valence-corrected chi connectivity index (χ1v) is 5.75. The summed E-state index contributed by atoms with van der Waals surface area (Å²) < 4.78 is 37.1. The molecule has 1 aromatic heterocycles. The molecule has 1 spiro atoms. The van der Waals surface area contributed by atoms with Gasteiger partial charge in [0.25, 0.3) is 0 Å². The molecular weight excluding hydrogens is 229 g/mol. The Balaban J connectivity index is 1.78. The highest BCUT2D eigenvalue weighted by Crippen LogP contribution is 2.62. The minimum Gasteiger partial charge on any atom is -0.316 e. The third-order valence-corrected chi connectivity index (χ3v) is 3.95. The Bertz CT molecular complexity index is 418. The van der Waals surface area contributed by atoms with E-state index in [1.165, 1.54) is 6.20 Å². The summed E-state index contributed by atoms with van der Waals surface area (Å²) in [6, 6.07) is 2.66. The minimum absolute atomic E-state index is 0.307. The molecule has 3 rings (SSSR count). The van der Waals surface area contributed by atoms with Crippen molar-refractivity contribution >= 4 is 0 Å². The van der Waals surface area contributed by atoms with Crippen LogP contribution in [0.1, 0.15) is 30.0 Å². The lowest BCUT2D eigenvalue weighted by Gasteiger charge is -2.09. The summed E-state index contributed by atoms with van der Waals surface area (Å²) in [5, 5.41) is 3.31. The molecule has 1 aliphatic carbocycles. The molecule has 1 aliphatic heterocycles. The van der Waals surface area contributed by atoms with Crippen LogP contribution in [0.3, 0.4) is 0 Å². The zero-order valence-electron chi connectivity index (χ0n) is 9.22. The van der Waals surface area contributed by atoms with Gasteiger partial charge in [0, 0.05) is 12.7 Å². The van der Waals surface area contributed by atoms with Crippen LogP contribution in [0.25, 0.3) is 0 Å². The maximum atomic E-state index is 12.4. The molecule has 0 aromatic carbocycles. The summed E-state index contributed by atoms with van der Waals surface area (Å²) in [4.78, 5) is 3.52. The van der Waals surface area contributed by atoms with E-state index in [2.05, 4.69) is 10.3 Å². The molecule has 2 fully saturated rings. The molecule has 1 aromatic rings. The molecule has 2 heterocycles. The van der Waals surface area contributed by atoms with Crippen LogP contribution in [0.15, 0.2) is 18.3 Å². The summed E-state index contributed by atoms with van der Waals surface area (Å²) in [6.07, 6.45) is -0.749. The van der Waals surface area contributed by atoms with E-state index in [1.54, 1.807) is 6.07 Å². The van der Waals surface area contributed by atoms with Crippen LogP contribution in [0, 0.1) is 5.41 Å². The fourth-order valence-electron chi connectivity index (χ4n) is 2.83. The van der Waals surface area contributed by atoms with Crippen LogP contribution in [0.2, 0.25) is 0 Å². The first kappa shape index (κ1) is 11.0. The number of halogens is 3. The van der Waals surface area contributed by atoms with Gasteiger partial charge < -0.3 is 5.32 Å². The fourth-order valence-corrected chi connectivity index (χ4v) is 2.83. The molecule has 2 atom stereocenters. The number of pyridine rings is 1. The summed E-state index contributed by atoms with van der Waals surface area (Å²) in [5.41, 5.74) is 0.448. The predicted molar refractivity (Wildman–Crippen MR) is 56.5 cm³/mol. The van der Waals surface area contributed by atoms with Crippen molar-refractivity contribution in [3.63, 3.8) is 0 Å². The van der Waals surface area contributed by atoms with E-state index >= 15 is 0 Å². The molecule has 0 radical (unpaired) electrons. The van der Waals surface area contributed by atoms with Gasteiger partial charge in [-0.3, -0.25) is 4.98 Å². The number of hydrogen-bond donors (Lipinski definition) is 1. The van der Waals surface area contributed by atoms with Crippen LogP contribution in [0.4, 0.5) is 13.2 Å². The molecule has 1 N–H and O–H groups in total. The molecule has 5 heteroatoms. The van der Waals surface area contributed by atoms with Crippen molar-refractivity contribution in [3.05, 3.63) is 29.6 Å². The monoisotopic (exact) mass is 242 g/mol. The van der Waals surface area contributed by atoms with Crippen molar-refractivity contribution in [1.82, 2.24) is 10.3 Å². The highest BCUT2D eigenvalue weighted by Gasteiger charge is 2.55. The molecule has 92 valence electrons. The summed E-state index contributed by atoms with van der Waals surface area (Å²) in [6.45, 7) is 2.00. The molecule has 2 aliphatic rings. The minimum atomic E-state index is -4.34. The molecular formula is C12H13F3N2. The van der Waals surface area contributed by atoms with E-state index in [1.807, 2.05) is 0 Å². The topological polar surface area (TPSA) is 24.9 Å². The number of rotatable bonds is 1. The predicted octanol–water partition coefficient (Wildman–Crippen LogP) is 2.57. The first-order chi connectivity index (χ1) is 8.01. The van der Waals surface area contributed by atoms with E-state index in [-0.39, 0.29) is 0 Å². The maximum Gasteiger partial charge on any atom is 0.433 e. The van der Waals surface area contributed by atoms with Gasteiger partial charge in [-0.05, 0) is 42.3 Å². The van der Waals surface area contributed by atoms with Gasteiger partial charge in [0.05, 0.1) is 0 Å². The molecule has 2 nitrogen and oxygen atoms in total. The Labute approximate surface area is 97.2 Å². The molecule has 1 saturated heterocycles. The SMILES string of the molecule is FC(F)(F)c1ccc(C2C[C@]23CCNC3)cn1. The van der Waals surface area contributed by atoms with Gasteiger partial charge in [-0.15, -0.1) is 0 Å². The van der Waals surface area contributed by atoms with Crippen molar-refractivity contribution < 1.29 is 13.2 Å². The van der Waals surface area contributed by atoms with E-state index in [0.29, 0.717) is 11.3 Å². The second-order valence-electron chi connectivity index (χ2n) is 5.02. The largest absolute Gasteiger partial charge is 0.433 e.